The lowest BCUT2D eigenvalue weighted by molar-refractivity contribution is 0.0141. The largest absolute Gasteiger partial charge is 0.369 e. The van der Waals surface area contributed by atoms with Gasteiger partial charge in [0, 0.05) is 42.2 Å². The van der Waals surface area contributed by atoms with Crippen molar-refractivity contribution in [2.45, 2.75) is 31.5 Å². The maximum atomic E-state index is 12.2. The lowest BCUT2D eigenvalue weighted by Crippen LogP contribution is -2.42. The van der Waals surface area contributed by atoms with Gasteiger partial charge in [-0.15, -0.1) is 11.3 Å². The van der Waals surface area contributed by atoms with E-state index in [0.29, 0.717) is 24.1 Å². The molecule has 0 saturated carbocycles. The van der Waals surface area contributed by atoms with Gasteiger partial charge in [0.1, 0.15) is 5.69 Å². The van der Waals surface area contributed by atoms with Gasteiger partial charge in [-0.05, 0) is 25.8 Å². The first-order valence-electron chi connectivity index (χ1n) is 9.03. The SMILES string of the molecule is Cc1ccnc(N2C[C@@H]3[C@H](CNC(=O)c4cscn4)[C@H]4CC[C@]3(C2)O4)n1. The molecule has 1 amide bonds. The lowest BCUT2D eigenvalue weighted by atomic mass is 9.73. The number of fused-ring (bicyclic) bond motifs is 1. The zero-order valence-corrected chi connectivity index (χ0v) is 15.4. The van der Waals surface area contributed by atoms with Crippen molar-refractivity contribution < 1.29 is 9.53 Å². The first-order chi connectivity index (χ1) is 12.6. The van der Waals surface area contributed by atoms with Crippen LogP contribution < -0.4 is 10.2 Å². The fourth-order valence-corrected chi connectivity index (χ4v) is 5.36. The Morgan fingerprint density at radius 2 is 2.42 bits per heavy atom. The highest BCUT2D eigenvalue weighted by molar-refractivity contribution is 7.07. The van der Waals surface area contributed by atoms with Crippen LogP contribution in [0.1, 0.15) is 29.0 Å². The van der Waals surface area contributed by atoms with Crippen LogP contribution in [0.5, 0.6) is 0 Å². The Hall–Kier alpha value is -2.06. The zero-order chi connectivity index (χ0) is 17.7. The Morgan fingerprint density at radius 3 is 3.23 bits per heavy atom. The molecular formula is C18H21N5O2S. The van der Waals surface area contributed by atoms with E-state index in [4.69, 9.17) is 4.74 Å². The Labute approximate surface area is 155 Å². The van der Waals surface area contributed by atoms with Gasteiger partial charge in [-0.2, -0.15) is 0 Å². The second-order valence-electron chi connectivity index (χ2n) is 7.49. The van der Waals surface area contributed by atoms with Crippen molar-refractivity contribution in [2.75, 3.05) is 24.5 Å². The van der Waals surface area contributed by atoms with Crippen molar-refractivity contribution >= 4 is 23.2 Å². The molecule has 3 fully saturated rings. The third-order valence-electron chi connectivity index (χ3n) is 6.01. The molecule has 2 aromatic rings. The van der Waals surface area contributed by atoms with E-state index in [9.17, 15) is 4.79 Å². The molecular weight excluding hydrogens is 350 g/mol. The Bertz CT molecular complexity index is 829. The summed E-state index contributed by atoms with van der Waals surface area (Å²) in [4.78, 5) is 27.6. The van der Waals surface area contributed by atoms with Crippen molar-refractivity contribution in [3.63, 3.8) is 0 Å². The molecule has 3 aliphatic heterocycles. The molecule has 0 radical (unpaired) electrons. The average molecular weight is 371 g/mol. The topological polar surface area (TPSA) is 80.2 Å². The van der Waals surface area contributed by atoms with Gasteiger partial charge < -0.3 is 15.0 Å². The van der Waals surface area contributed by atoms with Gasteiger partial charge in [-0.3, -0.25) is 4.79 Å². The molecule has 1 N–H and O–H groups in total. The Morgan fingerprint density at radius 1 is 1.50 bits per heavy atom. The fraction of sp³-hybridized carbons (Fsp3) is 0.556. The molecule has 26 heavy (non-hydrogen) atoms. The van der Waals surface area contributed by atoms with Crippen molar-refractivity contribution in [3.8, 4) is 0 Å². The van der Waals surface area contributed by atoms with E-state index in [1.165, 1.54) is 11.3 Å². The van der Waals surface area contributed by atoms with Crippen LogP contribution in [0, 0.1) is 18.8 Å². The number of rotatable bonds is 4. The second kappa shape index (κ2) is 5.99. The number of anilines is 1. The van der Waals surface area contributed by atoms with Crippen molar-refractivity contribution in [1.82, 2.24) is 20.3 Å². The van der Waals surface area contributed by atoms with Gasteiger partial charge in [-0.25, -0.2) is 15.0 Å². The number of amides is 1. The minimum Gasteiger partial charge on any atom is -0.369 e. The first kappa shape index (κ1) is 16.1. The van der Waals surface area contributed by atoms with E-state index < -0.39 is 0 Å². The molecule has 8 heteroatoms. The number of hydrogen-bond donors (Lipinski definition) is 1. The highest BCUT2D eigenvalue weighted by atomic mass is 32.1. The van der Waals surface area contributed by atoms with Gasteiger partial charge in [0.15, 0.2) is 0 Å². The van der Waals surface area contributed by atoms with E-state index in [0.717, 1.165) is 37.6 Å². The van der Waals surface area contributed by atoms with E-state index >= 15 is 0 Å². The van der Waals surface area contributed by atoms with Crippen LogP contribution in [0.2, 0.25) is 0 Å². The maximum Gasteiger partial charge on any atom is 0.270 e. The normalized spacial score (nSPS) is 32.0. The number of aryl methyl sites for hydroxylation is 1. The van der Waals surface area contributed by atoms with Gasteiger partial charge in [0.05, 0.1) is 23.8 Å². The Kier molecular flexibility index (Phi) is 3.72. The minimum absolute atomic E-state index is 0.0973. The number of carbonyl (C=O) groups excluding carboxylic acids is 1. The van der Waals surface area contributed by atoms with Gasteiger partial charge in [-0.1, -0.05) is 0 Å². The van der Waals surface area contributed by atoms with Crippen LogP contribution in [0.15, 0.2) is 23.2 Å². The van der Waals surface area contributed by atoms with Crippen LogP contribution in [-0.4, -0.2) is 52.2 Å². The maximum absolute atomic E-state index is 12.2. The van der Waals surface area contributed by atoms with Crippen LogP contribution in [0.25, 0.3) is 0 Å². The molecule has 1 spiro atoms. The summed E-state index contributed by atoms with van der Waals surface area (Å²) < 4.78 is 6.44. The van der Waals surface area contributed by atoms with Gasteiger partial charge in [0.25, 0.3) is 5.91 Å². The number of nitrogens with one attached hydrogen (secondary N) is 1. The fourth-order valence-electron chi connectivity index (χ4n) is 4.83. The molecule has 0 aromatic carbocycles. The predicted molar refractivity (Wildman–Crippen MR) is 97.2 cm³/mol. The molecule has 4 atom stereocenters. The summed E-state index contributed by atoms with van der Waals surface area (Å²) in [6, 6.07) is 1.91. The smallest absolute Gasteiger partial charge is 0.270 e. The van der Waals surface area contributed by atoms with E-state index in [1.807, 2.05) is 19.2 Å². The molecule has 5 rings (SSSR count). The third-order valence-corrected chi connectivity index (χ3v) is 6.60. The van der Waals surface area contributed by atoms with E-state index in [1.54, 1.807) is 10.9 Å². The molecule has 0 aliphatic carbocycles. The molecule has 3 aliphatic rings. The highest BCUT2D eigenvalue weighted by Crippen LogP contribution is 2.54. The van der Waals surface area contributed by atoms with Crippen LogP contribution in [0.3, 0.4) is 0 Å². The molecule has 3 saturated heterocycles. The molecule has 7 nitrogen and oxygen atoms in total. The van der Waals surface area contributed by atoms with Crippen molar-refractivity contribution in [1.29, 1.82) is 0 Å². The zero-order valence-electron chi connectivity index (χ0n) is 14.6. The molecule has 2 bridgehead atoms. The predicted octanol–water partition coefficient (Wildman–Crippen LogP) is 1.66. The highest BCUT2D eigenvalue weighted by Gasteiger charge is 2.63. The van der Waals surface area contributed by atoms with Crippen LogP contribution >= 0.6 is 11.3 Å². The Balaban J connectivity index is 1.31. The average Bonchev–Trinajstić information content (AvgIpc) is 3.39. The summed E-state index contributed by atoms with van der Waals surface area (Å²) in [5.41, 5.74) is 3.05. The van der Waals surface area contributed by atoms with E-state index in [-0.39, 0.29) is 17.6 Å². The number of carbonyl (C=O) groups is 1. The summed E-state index contributed by atoms with van der Waals surface area (Å²) in [5.74, 6) is 1.42. The third kappa shape index (κ3) is 2.51. The number of ether oxygens (including phenoxy) is 1. The van der Waals surface area contributed by atoms with Gasteiger partial charge in [0.2, 0.25) is 5.95 Å². The van der Waals surface area contributed by atoms with Gasteiger partial charge >= 0.3 is 0 Å². The number of thiazole rings is 1. The summed E-state index contributed by atoms with van der Waals surface area (Å²) in [6.45, 7) is 4.35. The molecule has 5 heterocycles. The van der Waals surface area contributed by atoms with Crippen molar-refractivity contribution in [3.05, 3.63) is 34.5 Å². The van der Waals surface area contributed by atoms with E-state index in [2.05, 4.69) is 25.2 Å². The molecule has 0 unspecified atom stereocenters. The number of nitrogens with zero attached hydrogens (tertiary/aromatic N) is 4. The summed E-state index contributed by atoms with van der Waals surface area (Å²) in [5, 5.41) is 4.84. The number of hydrogen-bond acceptors (Lipinski definition) is 7. The quantitative estimate of drug-likeness (QED) is 0.880. The van der Waals surface area contributed by atoms with Crippen LogP contribution in [0.4, 0.5) is 5.95 Å². The summed E-state index contributed by atoms with van der Waals surface area (Å²) in [6.07, 6.45) is 4.21. The van der Waals surface area contributed by atoms with Crippen LogP contribution in [-0.2, 0) is 4.74 Å². The summed E-state index contributed by atoms with van der Waals surface area (Å²) >= 11 is 1.43. The summed E-state index contributed by atoms with van der Waals surface area (Å²) in [7, 11) is 0. The standard InChI is InChI=1S/C18H21N5O2S/c1-11-3-5-19-17(22-11)23-7-13-12(15-2-4-18(13,9-23)25-15)6-20-16(24)14-8-26-10-21-14/h3,5,8,10,12-13,15H,2,4,6-7,9H2,1H3,(H,20,24)/t12-,13+,15+,18+/m0/s1. The van der Waals surface area contributed by atoms with Crippen molar-refractivity contribution in [2.24, 2.45) is 11.8 Å². The first-order valence-corrected chi connectivity index (χ1v) is 9.98. The number of aromatic nitrogens is 3. The monoisotopic (exact) mass is 371 g/mol. The second-order valence-corrected chi connectivity index (χ2v) is 8.21. The molecule has 136 valence electrons. The lowest BCUT2D eigenvalue weighted by Gasteiger charge is -2.29. The minimum atomic E-state index is -0.103. The molecule has 2 aromatic heterocycles.